The van der Waals surface area contributed by atoms with Gasteiger partial charge in [-0.2, -0.15) is 4.98 Å². The molecule has 0 bridgehead atoms. The molecule has 1 heterocycles. The Labute approximate surface area is 139 Å². The molecule has 1 aromatic carbocycles. The van der Waals surface area contributed by atoms with Crippen LogP contribution in [-0.2, 0) is 11.2 Å². The largest absolute Gasteiger partial charge is 0.355 e. The van der Waals surface area contributed by atoms with Crippen LogP contribution in [0.4, 0.5) is 0 Å². The van der Waals surface area contributed by atoms with E-state index in [1.807, 2.05) is 12.1 Å². The number of carbonyl (C=O) groups excluding carboxylic acids is 1. The summed E-state index contributed by atoms with van der Waals surface area (Å²) in [4.78, 5) is 16.3. The Hall–Kier alpha value is -1.92. The van der Waals surface area contributed by atoms with Gasteiger partial charge in [0.25, 0.3) is 0 Å². The smallest absolute Gasteiger partial charge is 0.228 e. The molecule has 6 nitrogen and oxygen atoms in total. The van der Waals surface area contributed by atoms with Crippen LogP contribution in [0.5, 0.6) is 0 Å². The second-order valence-corrected chi connectivity index (χ2v) is 6.27. The maximum Gasteiger partial charge on any atom is 0.228 e. The average molecular weight is 335 g/mol. The number of amides is 1. The molecule has 0 aliphatic heterocycles. The van der Waals surface area contributed by atoms with Crippen LogP contribution in [0, 0.1) is 5.92 Å². The molecule has 0 spiro atoms. The fourth-order valence-corrected chi connectivity index (χ4v) is 2.89. The Bertz CT molecular complexity index is 671. The van der Waals surface area contributed by atoms with Gasteiger partial charge >= 0.3 is 0 Å². The lowest BCUT2D eigenvalue weighted by Gasteiger charge is -2.09. The molecule has 0 radical (unpaired) electrons. The minimum Gasteiger partial charge on any atom is -0.355 e. The van der Waals surface area contributed by atoms with Crippen LogP contribution in [0.25, 0.3) is 11.4 Å². The first kappa shape index (κ1) is 16.0. The van der Waals surface area contributed by atoms with Crippen LogP contribution in [0.3, 0.4) is 0 Å². The van der Waals surface area contributed by atoms with E-state index >= 15 is 0 Å². The summed E-state index contributed by atoms with van der Waals surface area (Å²) < 4.78 is 5.21. The van der Waals surface area contributed by atoms with Crippen LogP contribution in [0.2, 0.25) is 5.02 Å². The van der Waals surface area contributed by atoms with Gasteiger partial charge in [0.05, 0.1) is 0 Å². The van der Waals surface area contributed by atoms with E-state index in [1.54, 1.807) is 12.1 Å². The molecule has 122 valence electrons. The molecule has 3 rings (SSSR count). The van der Waals surface area contributed by atoms with Gasteiger partial charge in [-0.25, -0.2) is 0 Å². The number of nitrogens with two attached hydrogens (primary N) is 1. The van der Waals surface area contributed by atoms with E-state index in [0.717, 1.165) is 24.8 Å². The van der Waals surface area contributed by atoms with Crippen LogP contribution in [0.15, 0.2) is 28.8 Å². The minimum atomic E-state index is 0.0392. The molecule has 7 heteroatoms. The molecule has 2 atom stereocenters. The van der Waals surface area contributed by atoms with Crippen LogP contribution < -0.4 is 11.1 Å². The predicted molar refractivity (Wildman–Crippen MR) is 86.8 cm³/mol. The summed E-state index contributed by atoms with van der Waals surface area (Å²) in [6, 6.07) is 7.38. The Kier molecular flexibility index (Phi) is 4.93. The van der Waals surface area contributed by atoms with Crippen molar-refractivity contribution in [3.63, 3.8) is 0 Å². The molecule has 1 saturated carbocycles. The molecule has 23 heavy (non-hydrogen) atoms. The number of carbonyl (C=O) groups is 1. The fraction of sp³-hybridized carbons (Fsp3) is 0.438. The van der Waals surface area contributed by atoms with Crippen molar-refractivity contribution >= 4 is 17.5 Å². The molecular formula is C16H19ClN4O2. The van der Waals surface area contributed by atoms with Gasteiger partial charge in [0.2, 0.25) is 17.6 Å². The summed E-state index contributed by atoms with van der Waals surface area (Å²) in [6.45, 7) is 0.479. The molecule has 2 unspecified atom stereocenters. The second-order valence-electron chi connectivity index (χ2n) is 5.83. The maximum absolute atomic E-state index is 12.0. The first-order valence-electron chi connectivity index (χ1n) is 7.73. The highest BCUT2D eigenvalue weighted by Gasteiger charge is 2.27. The zero-order chi connectivity index (χ0) is 16.2. The number of hydrogen-bond acceptors (Lipinski definition) is 5. The number of halogens is 1. The predicted octanol–water partition coefficient (Wildman–Crippen LogP) is 2.18. The lowest BCUT2D eigenvalue weighted by Crippen LogP contribution is -2.31. The summed E-state index contributed by atoms with van der Waals surface area (Å²) in [7, 11) is 0. The van der Waals surface area contributed by atoms with Gasteiger partial charge in [-0.1, -0.05) is 16.8 Å². The first-order valence-corrected chi connectivity index (χ1v) is 8.11. The van der Waals surface area contributed by atoms with Gasteiger partial charge in [-0.05, 0) is 43.5 Å². The van der Waals surface area contributed by atoms with Gasteiger partial charge in [0, 0.05) is 35.5 Å². The molecule has 1 aliphatic rings. The topological polar surface area (TPSA) is 94.0 Å². The van der Waals surface area contributed by atoms with Crippen molar-refractivity contribution in [2.45, 2.75) is 31.7 Å². The standard InChI is InChI=1S/C16H19ClN4O2/c17-12-4-1-10(2-5-12)15-20-14(23-21-15)7-8-19-16(22)11-3-6-13(18)9-11/h1-2,4-5,11,13H,3,6-9,18H2,(H,19,22). The van der Waals surface area contributed by atoms with Gasteiger partial charge in [0.1, 0.15) is 0 Å². The van der Waals surface area contributed by atoms with E-state index in [9.17, 15) is 4.79 Å². The van der Waals surface area contributed by atoms with Crippen molar-refractivity contribution in [1.82, 2.24) is 15.5 Å². The Morgan fingerprint density at radius 2 is 2.13 bits per heavy atom. The highest BCUT2D eigenvalue weighted by molar-refractivity contribution is 6.30. The summed E-state index contributed by atoms with van der Waals surface area (Å²) in [5.41, 5.74) is 6.67. The third-order valence-electron chi connectivity index (χ3n) is 4.05. The molecular weight excluding hydrogens is 316 g/mol. The van der Waals surface area contributed by atoms with Crippen molar-refractivity contribution in [3.05, 3.63) is 35.2 Å². The summed E-state index contributed by atoms with van der Waals surface area (Å²) in [5, 5.41) is 7.51. The Balaban J connectivity index is 1.49. The van der Waals surface area contributed by atoms with Crippen molar-refractivity contribution < 1.29 is 9.32 Å². The van der Waals surface area contributed by atoms with E-state index in [4.69, 9.17) is 21.9 Å². The number of nitrogens with zero attached hydrogens (tertiary/aromatic N) is 2. The lowest BCUT2D eigenvalue weighted by atomic mass is 10.1. The van der Waals surface area contributed by atoms with E-state index in [1.165, 1.54) is 0 Å². The normalized spacial score (nSPS) is 20.6. The van der Waals surface area contributed by atoms with Crippen molar-refractivity contribution in [3.8, 4) is 11.4 Å². The van der Waals surface area contributed by atoms with Crippen LogP contribution in [-0.4, -0.2) is 28.6 Å². The maximum atomic E-state index is 12.0. The monoisotopic (exact) mass is 334 g/mol. The quantitative estimate of drug-likeness (QED) is 0.874. The summed E-state index contributed by atoms with van der Waals surface area (Å²) >= 11 is 5.85. The van der Waals surface area contributed by atoms with Gasteiger partial charge in [-0.15, -0.1) is 0 Å². The Morgan fingerprint density at radius 1 is 1.35 bits per heavy atom. The van der Waals surface area contributed by atoms with E-state index in [0.29, 0.717) is 29.7 Å². The molecule has 1 aromatic heterocycles. The molecule has 1 aliphatic carbocycles. The molecule has 1 fully saturated rings. The summed E-state index contributed by atoms with van der Waals surface area (Å²) in [5.74, 6) is 1.12. The summed E-state index contributed by atoms with van der Waals surface area (Å²) in [6.07, 6.45) is 3.07. The molecule has 2 aromatic rings. The molecule has 1 amide bonds. The van der Waals surface area contributed by atoms with Crippen LogP contribution in [0.1, 0.15) is 25.2 Å². The highest BCUT2D eigenvalue weighted by Crippen LogP contribution is 2.24. The molecule has 0 saturated heterocycles. The van der Waals surface area contributed by atoms with Gasteiger partial charge in [-0.3, -0.25) is 4.79 Å². The number of hydrogen-bond donors (Lipinski definition) is 2. The number of benzene rings is 1. The number of nitrogens with one attached hydrogen (secondary N) is 1. The van der Waals surface area contributed by atoms with Crippen molar-refractivity contribution in [2.75, 3.05) is 6.54 Å². The minimum absolute atomic E-state index is 0.0392. The van der Waals surface area contributed by atoms with Crippen molar-refractivity contribution in [2.24, 2.45) is 11.7 Å². The fourth-order valence-electron chi connectivity index (χ4n) is 2.76. The Morgan fingerprint density at radius 3 is 2.83 bits per heavy atom. The van der Waals surface area contributed by atoms with Gasteiger partial charge < -0.3 is 15.6 Å². The second kappa shape index (κ2) is 7.10. The highest BCUT2D eigenvalue weighted by atomic mass is 35.5. The average Bonchev–Trinajstić information content (AvgIpc) is 3.17. The van der Waals surface area contributed by atoms with E-state index < -0.39 is 0 Å². The third-order valence-corrected chi connectivity index (χ3v) is 4.30. The van der Waals surface area contributed by atoms with E-state index in [2.05, 4.69) is 15.5 Å². The third kappa shape index (κ3) is 4.09. The van der Waals surface area contributed by atoms with E-state index in [-0.39, 0.29) is 17.9 Å². The SMILES string of the molecule is NC1CCC(C(=O)NCCc2nc(-c3ccc(Cl)cc3)no2)C1. The number of rotatable bonds is 5. The zero-order valence-corrected chi connectivity index (χ0v) is 13.4. The van der Waals surface area contributed by atoms with Gasteiger partial charge in [0.15, 0.2) is 0 Å². The van der Waals surface area contributed by atoms with Crippen LogP contribution >= 0.6 is 11.6 Å². The zero-order valence-electron chi connectivity index (χ0n) is 12.7. The number of aromatic nitrogens is 2. The van der Waals surface area contributed by atoms with Crippen molar-refractivity contribution in [1.29, 1.82) is 0 Å². The first-order chi connectivity index (χ1) is 11.1. The molecule has 3 N–H and O–H groups in total. The lowest BCUT2D eigenvalue weighted by molar-refractivity contribution is -0.124.